The van der Waals surface area contributed by atoms with Gasteiger partial charge in [-0.15, -0.1) is 0 Å². The maximum Gasteiger partial charge on any atom is 0.112 e. The van der Waals surface area contributed by atoms with Gasteiger partial charge in [-0.05, 0) is 263 Å². The van der Waals surface area contributed by atoms with E-state index in [0.717, 1.165) is 148 Å². The van der Waals surface area contributed by atoms with Crippen molar-refractivity contribution < 1.29 is 0 Å². The summed E-state index contributed by atoms with van der Waals surface area (Å²) in [6.07, 6.45) is 41.8. The molecule has 0 amide bonds. The number of nitrogens with zero attached hydrogens (tertiary/aromatic N) is 8. The Labute approximate surface area is 844 Å². The molecule has 0 radical (unpaired) electrons. The lowest BCUT2D eigenvalue weighted by molar-refractivity contribution is 0.608. The van der Waals surface area contributed by atoms with E-state index in [1.807, 2.05) is 23.5 Å². The molecule has 17 aromatic carbocycles. The number of unbranched alkanes of at least 4 members (excludes halogenated alkanes) is 10. The predicted molar refractivity (Wildman–Crippen MR) is 610 cm³/mol. The minimum atomic E-state index is 0.870. The Morgan fingerprint density at radius 2 is 0.411 bits per heavy atom. The first-order valence-electron chi connectivity index (χ1n) is 49.7. The van der Waals surface area contributed by atoms with Crippen molar-refractivity contribution in [1.29, 1.82) is 0 Å². The molecule has 11 heteroatoms. The average molecular weight is 1880 g/mol. The molecule has 8 nitrogen and oxygen atoms in total. The van der Waals surface area contributed by atoms with Gasteiger partial charge in [-0.3, -0.25) is 0 Å². The fourth-order valence-electron chi connectivity index (χ4n) is 18.8. The summed E-state index contributed by atoms with van der Waals surface area (Å²) in [5, 5.41) is 0. The van der Waals surface area contributed by atoms with Gasteiger partial charge in [0, 0.05) is 112 Å². The molecule has 0 bridgehead atoms. The van der Waals surface area contributed by atoms with Crippen molar-refractivity contribution in [3.8, 4) is 0 Å². The highest BCUT2D eigenvalue weighted by Gasteiger charge is 2.27. The van der Waals surface area contributed by atoms with E-state index >= 15 is 0 Å². The summed E-state index contributed by atoms with van der Waals surface area (Å²) in [6, 6.07) is 149. The largest absolute Gasteiger partial charge is 0.340 e. The standard InChI is InChI=1S/C130H114N8S3/c1-3-5-7-9-11-29-93-133-121-39-25-27-41-125(121)139-127-95-105(69-91-123(127)133)49-47-101-61-83-117(84-62-101)138(118-85-63-102(64-86-118)48-50-106-70-92-124-128(96-106)140-126-42-28-26-40-122(126)134(124)94-30-12-10-8-6-4-2)120-89-67-104(68-90-120)52-72-108-74-73-107(129-130(108)132-141-131-129)71-51-103-65-87-119(88-66-103)137(115-79-57-99(58-80-115)45-43-97-53-75-113(76-54-97)135(109-31-17-13-18-32-109)110-33-19-14-20-34-110)116-81-59-100(60-82-116)46-44-98-55-77-114(78-56-98)136(111-35-21-15-22-36-111)112-37-23-16-24-38-112/h13-28,31-92,95-96H,3-12,29-30,93-94H2,1-2H3/b45-43+,46-44+,49-47+,50-48+,71-51+,72-52+. The molecular weight excluding hydrogens is 1770 g/mol. The molecular formula is C130H114N8S3. The van der Waals surface area contributed by atoms with Crippen LogP contribution in [-0.4, -0.2) is 21.8 Å². The zero-order chi connectivity index (χ0) is 95.1. The minimum Gasteiger partial charge on any atom is -0.340 e. The number of rotatable bonds is 38. The van der Waals surface area contributed by atoms with Crippen molar-refractivity contribution in [2.45, 2.75) is 110 Å². The molecule has 0 saturated carbocycles. The lowest BCUT2D eigenvalue weighted by Crippen LogP contribution is -2.22. The van der Waals surface area contributed by atoms with Gasteiger partial charge in [0.05, 0.1) is 34.5 Å². The first kappa shape index (κ1) is 93.2. The number of aromatic nitrogens is 2. The normalized spacial score (nSPS) is 12.3. The van der Waals surface area contributed by atoms with Crippen LogP contribution in [0.25, 0.3) is 83.9 Å². The van der Waals surface area contributed by atoms with Crippen LogP contribution < -0.4 is 29.4 Å². The van der Waals surface area contributed by atoms with Crippen molar-refractivity contribution in [3.63, 3.8) is 0 Å². The van der Waals surface area contributed by atoms with E-state index in [1.165, 1.54) is 142 Å². The summed E-state index contributed by atoms with van der Waals surface area (Å²) in [5.41, 5.74) is 33.2. The topological polar surface area (TPSA) is 45.2 Å². The summed E-state index contributed by atoms with van der Waals surface area (Å²) < 4.78 is 9.81. The van der Waals surface area contributed by atoms with Gasteiger partial charge < -0.3 is 29.4 Å². The maximum atomic E-state index is 4.91. The molecule has 2 aliphatic heterocycles. The second kappa shape index (κ2) is 45.9. The van der Waals surface area contributed by atoms with Crippen molar-refractivity contribution >= 4 is 210 Å². The van der Waals surface area contributed by atoms with E-state index in [2.05, 4.69) is 529 Å². The second-order valence-corrected chi connectivity index (χ2v) is 38.8. The SMILES string of the molecule is CCCCCCCCN1c2ccccc2Sc2cc(/C=C/c3ccc(N(c4ccc(/C=C/c5ccc6c(c5)Sc5ccccc5N6CCCCCCCC)cc4)c4ccc(/C=C/c5ccc(/C=C/c6ccc(N(c7ccc(/C=C/c8ccc(N(c9ccccc9)c9ccccc9)cc8)cc7)c7ccc(/C=C/c8ccc(N(c9ccccc9)c9ccccc9)cc8)cc7)cc6)c6nsnc56)cc4)cc3)ccc21. The molecule has 692 valence electrons. The van der Waals surface area contributed by atoms with E-state index < -0.39 is 0 Å². The van der Waals surface area contributed by atoms with E-state index in [9.17, 15) is 0 Å². The smallest absolute Gasteiger partial charge is 0.112 e. The summed E-state index contributed by atoms with van der Waals surface area (Å²) in [7, 11) is 0. The Balaban J connectivity index is 0.537. The zero-order valence-electron chi connectivity index (χ0n) is 79.9. The maximum absolute atomic E-state index is 4.91. The Hall–Kier alpha value is -15.5. The van der Waals surface area contributed by atoms with Crippen LogP contribution in [0.5, 0.6) is 0 Å². The van der Waals surface area contributed by atoms with Crippen LogP contribution in [0, 0.1) is 0 Å². The average Bonchev–Trinajstić information content (AvgIpc) is 1.22. The molecule has 3 heterocycles. The van der Waals surface area contributed by atoms with Gasteiger partial charge in [-0.1, -0.05) is 393 Å². The van der Waals surface area contributed by atoms with Gasteiger partial charge in [0.25, 0.3) is 0 Å². The monoisotopic (exact) mass is 1880 g/mol. The molecule has 0 spiro atoms. The van der Waals surface area contributed by atoms with E-state index in [1.54, 1.807) is 0 Å². The van der Waals surface area contributed by atoms with Crippen LogP contribution in [-0.2, 0) is 0 Å². The molecule has 0 aliphatic carbocycles. The highest BCUT2D eigenvalue weighted by Crippen LogP contribution is 2.52. The molecule has 0 saturated heterocycles. The predicted octanol–water partition coefficient (Wildman–Crippen LogP) is 38.5. The third kappa shape index (κ3) is 22.9. The Morgan fingerprint density at radius 3 is 0.681 bits per heavy atom. The number of anilines is 16. The van der Waals surface area contributed by atoms with Gasteiger partial charge in [0.15, 0.2) is 0 Å². The molecule has 1 aromatic heterocycles. The third-order valence-electron chi connectivity index (χ3n) is 26.3. The van der Waals surface area contributed by atoms with E-state index in [-0.39, 0.29) is 0 Å². The van der Waals surface area contributed by atoms with Gasteiger partial charge in [-0.2, -0.15) is 8.75 Å². The first-order valence-corrected chi connectivity index (χ1v) is 52.1. The summed E-state index contributed by atoms with van der Waals surface area (Å²) >= 11 is 5.02. The Bertz CT molecular complexity index is 6960. The van der Waals surface area contributed by atoms with Gasteiger partial charge in [-0.25, -0.2) is 0 Å². The van der Waals surface area contributed by atoms with Gasteiger partial charge in [0.1, 0.15) is 11.0 Å². The number of benzene rings is 17. The number of fused-ring (bicyclic) bond motifs is 5. The minimum absolute atomic E-state index is 0.870. The van der Waals surface area contributed by atoms with Gasteiger partial charge >= 0.3 is 0 Å². The van der Waals surface area contributed by atoms with Crippen molar-refractivity contribution in [2.75, 3.05) is 42.5 Å². The van der Waals surface area contributed by atoms with Crippen LogP contribution in [0.4, 0.5) is 91.0 Å². The fourth-order valence-corrected chi connectivity index (χ4v) is 21.7. The molecule has 0 fully saturated rings. The molecule has 18 aromatic rings. The highest BCUT2D eigenvalue weighted by atomic mass is 32.2. The molecule has 0 N–H and O–H groups in total. The number of hydrogen-bond donors (Lipinski definition) is 0. The Kier molecular flexibility index (Phi) is 30.3. The Morgan fingerprint density at radius 1 is 0.199 bits per heavy atom. The van der Waals surface area contributed by atoms with Crippen molar-refractivity contribution in [3.05, 3.63) is 479 Å². The van der Waals surface area contributed by atoms with Gasteiger partial charge in [0.2, 0.25) is 0 Å². The molecule has 0 unspecified atom stereocenters. The summed E-state index contributed by atoms with van der Waals surface area (Å²) in [5.74, 6) is 0. The van der Waals surface area contributed by atoms with Crippen molar-refractivity contribution in [2.24, 2.45) is 0 Å². The van der Waals surface area contributed by atoms with Crippen LogP contribution in [0.1, 0.15) is 158 Å². The zero-order valence-corrected chi connectivity index (χ0v) is 82.3. The van der Waals surface area contributed by atoms with Crippen LogP contribution in [0.2, 0.25) is 0 Å². The summed E-state index contributed by atoms with van der Waals surface area (Å²) in [6.45, 7) is 6.63. The molecule has 2 aliphatic rings. The second-order valence-electron chi connectivity index (χ2n) is 36.1. The lowest BCUT2D eigenvalue weighted by atomic mass is 10.0. The van der Waals surface area contributed by atoms with Crippen LogP contribution in [0.15, 0.2) is 432 Å². The highest BCUT2D eigenvalue weighted by molar-refractivity contribution is 8.00. The number of hydrogen-bond acceptors (Lipinski definition) is 11. The van der Waals surface area contributed by atoms with Crippen molar-refractivity contribution in [1.82, 2.24) is 8.75 Å². The summed E-state index contributed by atoms with van der Waals surface area (Å²) in [4.78, 5) is 19.6. The lowest BCUT2D eigenvalue weighted by Gasteiger charge is -2.33. The van der Waals surface area contributed by atoms with E-state index in [0.29, 0.717) is 0 Å². The molecule has 141 heavy (non-hydrogen) atoms. The molecule has 0 atom stereocenters. The first-order chi connectivity index (χ1) is 69.8. The van der Waals surface area contributed by atoms with Crippen LogP contribution in [0.3, 0.4) is 0 Å². The van der Waals surface area contributed by atoms with E-state index in [4.69, 9.17) is 8.75 Å². The quantitative estimate of drug-likeness (QED) is 0.0276. The third-order valence-corrected chi connectivity index (χ3v) is 29.1. The molecule has 20 rings (SSSR count). The van der Waals surface area contributed by atoms with Crippen LogP contribution >= 0.6 is 35.3 Å². The fraction of sp³-hybridized carbons (Fsp3) is 0.123. The number of para-hydroxylation sites is 6.